The summed E-state index contributed by atoms with van der Waals surface area (Å²) in [6.07, 6.45) is 2.17. The van der Waals surface area contributed by atoms with Crippen molar-refractivity contribution in [3.8, 4) is 0 Å². The average molecular weight is 377 g/mol. The van der Waals surface area contributed by atoms with Crippen molar-refractivity contribution in [2.24, 2.45) is 0 Å². The van der Waals surface area contributed by atoms with Crippen molar-refractivity contribution in [3.63, 3.8) is 0 Å². The van der Waals surface area contributed by atoms with Crippen molar-refractivity contribution in [1.29, 1.82) is 0 Å². The van der Waals surface area contributed by atoms with Gasteiger partial charge in [0.05, 0.1) is 8.43 Å². The van der Waals surface area contributed by atoms with Gasteiger partial charge in [0.2, 0.25) is 0 Å². The molecule has 3 rings (SSSR count). The van der Waals surface area contributed by atoms with Crippen LogP contribution in [0.5, 0.6) is 0 Å². The second kappa shape index (κ2) is 7.90. The standard InChI is InChI=1S/C18H16OS4/c1-19-18(15-10-6-3-7-11-15)12-16(22-23-17(18)20)21-13-14-8-4-2-5-9-14/h2-12H,13H2,1H3. The molecule has 2 aromatic carbocycles. The van der Waals surface area contributed by atoms with E-state index in [1.807, 2.05) is 36.0 Å². The van der Waals surface area contributed by atoms with Crippen LogP contribution in [-0.2, 0) is 16.1 Å². The molecular formula is C18H16OS4. The highest BCUT2D eigenvalue weighted by Gasteiger charge is 2.39. The van der Waals surface area contributed by atoms with Gasteiger partial charge in [-0.05, 0) is 38.8 Å². The highest BCUT2D eigenvalue weighted by atomic mass is 33.1. The molecule has 1 aliphatic rings. The van der Waals surface area contributed by atoms with E-state index in [4.69, 9.17) is 17.0 Å². The molecule has 0 spiro atoms. The van der Waals surface area contributed by atoms with Crippen molar-refractivity contribution in [3.05, 3.63) is 82.1 Å². The van der Waals surface area contributed by atoms with E-state index in [1.54, 1.807) is 28.7 Å². The first-order chi connectivity index (χ1) is 11.2. The van der Waals surface area contributed by atoms with Gasteiger partial charge in [-0.2, -0.15) is 0 Å². The van der Waals surface area contributed by atoms with E-state index in [-0.39, 0.29) is 0 Å². The lowest BCUT2D eigenvalue weighted by Crippen LogP contribution is -2.34. The van der Waals surface area contributed by atoms with E-state index in [0.29, 0.717) is 0 Å². The van der Waals surface area contributed by atoms with Crippen LogP contribution in [-0.4, -0.2) is 11.3 Å². The molecule has 0 bridgehead atoms. The number of methoxy groups -OCH3 is 1. The smallest absolute Gasteiger partial charge is 0.155 e. The third-order valence-electron chi connectivity index (χ3n) is 3.57. The number of rotatable bonds is 5. The first-order valence-corrected chi connectivity index (χ1v) is 10.7. The van der Waals surface area contributed by atoms with E-state index in [0.717, 1.165) is 15.5 Å². The molecule has 118 valence electrons. The lowest BCUT2D eigenvalue weighted by Gasteiger charge is -2.33. The zero-order chi connectivity index (χ0) is 16.1. The van der Waals surface area contributed by atoms with Gasteiger partial charge in [-0.1, -0.05) is 72.9 Å². The summed E-state index contributed by atoms with van der Waals surface area (Å²) in [6, 6.07) is 20.7. The summed E-state index contributed by atoms with van der Waals surface area (Å²) in [6.45, 7) is 0. The van der Waals surface area contributed by atoms with Crippen LogP contribution < -0.4 is 0 Å². The summed E-state index contributed by atoms with van der Waals surface area (Å²) < 4.78 is 7.98. The van der Waals surface area contributed by atoms with Gasteiger partial charge in [-0.15, -0.1) is 11.8 Å². The number of thiocarbonyl (C=S) groups is 1. The van der Waals surface area contributed by atoms with Crippen molar-refractivity contribution >= 4 is 49.8 Å². The lowest BCUT2D eigenvalue weighted by molar-refractivity contribution is 0.0947. The maximum atomic E-state index is 5.89. The van der Waals surface area contributed by atoms with Gasteiger partial charge in [0.25, 0.3) is 0 Å². The topological polar surface area (TPSA) is 9.23 Å². The van der Waals surface area contributed by atoms with Crippen molar-refractivity contribution in [2.45, 2.75) is 11.4 Å². The Morgan fingerprint density at radius 2 is 1.65 bits per heavy atom. The van der Waals surface area contributed by atoms with Crippen molar-refractivity contribution in [1.82, 2.24) is 0 Å². The van der Waals surface area contributed by atoms with Crippen LogP contribution in [0.4, 0.5) is 0 Å². The Balaban J connectivity index is 1.85. The van der Waals surface area contributed by atoms with Gasteiger partial charge in [0.15, 0.2) is 5.60 Å². The minimum atomic E-state index is -0.620. The molecule has 2 aromatic rings. The molecule has 0 aromatic heterocycles. The zero-order valence-electron chi connectivity index (χ0n) is 12.6. The number of ether oxygens (including phenoxy) is 1. The van der Waals surface area contributed by atoms with Gasteiger partial charge in [0.1, 0.15) is 0 Å². The summed E-state index contributed by atoms with van der Waals surface area (Å²) in [5.74, 6) is 0.946. The maximum Gasteiger partial charge on any atom is 0.155 e. The molecule has 23 heavy (non-hydrogen) atoms. The second-order valence-electron chi connectivity index (χ2n) is 5.00. The monoisotopic (exact) mass is 376 g/mol. The molecule has 1 nitrogen and oxygen atoms in total. The summed E-state index contributed by atoms with van der Waals surface area (Å²) in [5.41, 5.74) is 1.78. The summed E-state index contributed by atoms with van der Waals surface area (Å²) >= 11 is 7.44. The maximum absolute atomic E-state index is 5.89. The van der Waals surface area contributed by atoms with Crippen LogP contribution in [0.1, 0.15) is 11.1 Å². The lowest BCUT2D eigenvalue weighted by atomic mass is 9.95. The molecule has 0 N–H and O–H groups in total. The molecule has 1 unspecified atom stereocenters. The molecule has 0 fully saturated rings. The average Bonchev–Trinajstić information content (AvgIpc) is 2.63. The molecule has 1 atom stereocenters. The fourth-order valence-corrected chi connectivity index (χ4v) is 6.50. The van der Waals surface area contributed by atoms with E-state index < -0.39 is 5.60 Å². The third-order valence-corrected chi connectivity index (χ3v) is 8.35. The van der Waals surface area contributed by atoms with Gasteiger partial charge in [-0.3, -0.25) is 0 Å². The first-order valence-electron chi connectivity index (χ1n) is 7.14. The minimum absolute atomic E-state index is 0.620. The molecule has 5 heteroatoms. The molecule has 0 amide bonds. The number of thioether (sulfide) groups is 1. The van der Waals surface area contributed by atoms with Gasteiger partial charge in [-0.25, -0.2) is 0 Å². The van der Waals surface area contributed by atoms with Gasteiger partial charge in [0, 0.05) is 12.9 Å². The van der Waals surface area contributed by atoms with E-state index in [2.05, 4.69) is 42.5 Å². The Bertz CT molecular complexity index is 699. The molecule has 0 radical (unpaired) electrons. The molecule has 0 saturated carbocycles. The highest BCUT2D eigenvalue weighted by Crippen LogP contribution is 2.51. The van der Waals surface area contributed by atoms with Gasteiger partial charge < -0.3 is 4.74 Å². The predicted molar refractivity (Wildman–Crippen MR) is 109 cm³/mol. The zero-order valence-corrected chi connectivity index (χ0v) is 15.9. The van der Waals surface area contributed by atoms with Crippen LogP contribution in [0.25, 0.3) is 0 Å². The second-order valence-corrected chi connectivity index (χ2v) is 9.12. The normalized spacial score (nSPS) is 21.1. The molecular weight excluding hydrogens is 360 g/mol. The largest absolute Gasteiger partial charge is 0.363 e. The Hall–Kier alpha value is -0.720. The SMILES string of the molecule is COC1(c2ccccc2)C=C(SCc2ccccc2)SSC1=S. The molecule has 0 aliphatic carbocycles. The quantitative estimate of drug-likeness (QED) is 0.464. The van der Waals surface area contributed by atoms with Crippen molar-refractivity contribution < 1.29 is 4.74 Å². The predicted octanol–water partition coefficient (Wildman–Crippen LogP) is 6.03. The van der Waals surface area contributed by atoms with Crippen LogP contribution in [0, 0.1) is 0 Å². The summed E-state index contributed by atoms with van der Waals surface area (Å²) in [7, 11) is 5.07. The Kier molecular flexibility index (Phi) is 5.88. The Morgan fingerprint density at radius 1 is 1.00 bits per heavy atom. The summed E-state index contributed by atoms with van der Waals surface area (Å²) in [5, 5.41) is 0. The van der Waals surface area contributed by atoms with Crippen molar-refractivity contribution in [2.75, 3.05) is 7.11 Å². The molecule has 1 aliphatic heterocycles. The summed E-state index contributed by atoms with van der Waals surface area (Å²) in [4.78, 5) is 0. The van der Waals surface area contributed by atoms with Crippen LogP contribution in [0.2, 0.25) is 0 Å². The number of benzene rings is 2. The fraction of sp³-hybridized carbons (Fsp3) is 0.167. The number of hydrogen-bond acceptors (Lipinski definition) is 5. The Morgan fingerprint density at radius 3 is 2.30 bits per heavy atom. The Labute approximate surface area is 154 Å². The molecule has 1 heterocycles. The third kappa shape index (κ3) is 3.86. The van der Waals surface area contributed by atoms with Gasteiger partial charge >= 0.3 is 0 Å². The molecule has 0 saturated heterocycles. The van der Waals surface area contributed by atoms with Crippen LogP contribution >= 0.6 is 45.6 Å². The van der Waals surface area contributed by atoms with E-state index >= 15 is 0 Å². The van der Waals surface area contributed by atoms with E-state index in [9.17, 15) is 0 Å². The highest BCUT2D eigenvalue weighted by molar-refractivity contribution is 8.86. The minimum Gasteiger partial charge on any atom is -0.363 e. The van der Waals surface area contributed by atoms with Crippen LogP contribution in [0.15, 0.2) is 71.0 Å². The van der Waals surface area contributed by atoms with Crippen LogP contribution in [0.3, 0.4) is 0 Å². The number of hydrogen-bond donors (Lipinski definition) is 0. The van der Waals surface area contributed by atoms with E-state index in [1.165, 1.54) is 9.80 Å². The first kappa shape index (κ1) is 17.1. The fourth-order valence-electron chi connectivity index (χ4n) is 2.33.